The maximum absolute atomic E-state index is 6.13. The molecule has 0 aliphatic heterocycles. The Hall–Kier alpha value is -0.470. The van der Waals surface area contributed by atoms with E-state index in [0.717, 1.165) is 0 Å². The first-order valence-corrected chi connectivity index (χ1v) is 3.88. The van der Waals surface area contributed by atoms with Crippen molar-refractivity contribution >= 4 is 11.6 Å². The zero-order valence-electron chi connectivity index (χ0n) is 6.76. The second-order valence-corrected chi connectivity index (χ2v) is 4.12. The van der Waals surface area contributed by atoms with E-state index in [1.165, 1.54) is 0 Å². The Labute approximate surface area is 71.9 Å². The van der Waals surface area contributed by atoms with Crippen molar-refractivity contribution in [3.63, 3.8) is 0 Å². The van der Waals surface area contributed by atoms with Crippen molar-refractivity contribution in [3.05, 3.63) is 23.9 Å². The van der Waals surface area contributed by atoms with Gasteiger partial charge in [0.15, 0.2) is 0 Å². The summed E-state index contributed by atoms with van der Waals surface area (Å²) in [6, 6.07) is 0. The highest BCUT2D eigenvalue weighted by Gasteiger charge is 2.38. The lowest BCUT2D eigenvalue weighted by Crippen LogP contribution is -2.52. The van der Waals surface area contributed by atoms with Gasteiger partial charge in [0.05, 0.1) is 10.4 Å². The fourth-order valence-corrected chi connectivity index (χ4v) is 1.14. The van der Waals surface area contributed by atoms with Crippen molar-refractivity contribution < 1.29 is 0 Å². The summed E-state index contributed by atoms with van der Waals surface area (Å²) in [5, 5.41) is 0. The third kappa shape index (κ3) is 1.42. The van der Waals surface area contributed by atoms with Gasteiger partial charge in [0.2, 0.25) is 0 Å². The van der Waals surface area contributed by atoms with E-state index in [2.05, 4.69) is 0 Å². The molecule has 2 atom stereocenters. The van der Waals surface area contributed by atoms with E-state index in [-0.39, 0.29) is 0 Å². The van der Waals surface area contributed by atoms with Crippen LogP contribution in [0, 0.1) is 0 Å². The fraction of sp³-hybridized carbons (Fsp3) is 0.500. The second-order valence-electron chi connectivity index (χ2n) is 3.34. The third-order valence-electron chi connectivity index (χ3n) is 2.11. The van der Waals surface area contributed by atoms with Crippen LogP contribution in [0.15, 0.2) is 23.9 Å². The Bertz CT molecular complexity index is 226. The highest BCUT2D eigenvalue weighted by atomic mass is 35.5. The smallest absolute Gasteiger partial charge is 0.0832 e. The number of halogens is 1. The van der Waals surface area contributed by atoms with Crippen LogP contribution in [0.4, 0.5) is 0 Å². The van der Waals surface area contributed by atoms with E-state index in [1.54, 1.807) is 12.2 Å². The summed E-state index contributed by atoms with van der Waals surface area (Å²) in [4.78, 5) is -0.578. The van der Waals surface area contributed by atoms with Crippen LogP contribution in [-0.2, 0) is 0 Å². The maximum Gasteiger partial charge on any atom is 0.0832 e. The van der Waals surface area contributed by atoms with Gasteiger partial charge in [-0.3, -0.25) is 0 Å². The number of alkyl halides is 1. The third-order valence-corrected chi connectivity index (χ3v) is 2.63. The number of nitrogens with two attached hydrogens (primary N) is 2. The van der Waals surface area contributed by atoms with Crippen LogP contribution in [0.5, 0.6) is 0 Å². The van der Waals surface area contributed by atoms with Gasteiger partial charge in [0.1, 0.15) is 0 Å². The number of allylic oxidation sites excluding steroid dienone is 1. The number of rotatable bonds is 0. The second kappa shape index (κ2) is 2.26. The van der Waals surface area contributed by atoms with Crippen LogP contribution in [0.25, 0.3) is 0 Å². The van der Waals surface area contributed by atoms with Crippen molar-refractivity contribution in [3.8, 4) is 0 Å². The summed E-state index contributed by atoms with van der Waals surface area (Å²) in [5.74, 6) is 0. The van der Waals surface area contributed by atoms with Crippen molar-refractivity contribution in [1.82, 2.24) is 0 Å². The van der Waals surface area contributed by atoms with E-state index in [1.807, 2.05) is 19.9 Å². The lowest BCUT2D eigenvalue weighted by atomic mass is 9.83. The largest absolute Gasteiger partial charge is 0.399 e. The minimum Gasteiger partial charge on any atom is -0.399 e. The van der Waals surface area contributed by atoms with Gasteiger partial charge in [-0.2, -0.15) is 0 Å². The average molecular weight is 173 g/mol. The fourth-order valence-electron chi connectivity index (χ4n) is 0.949. The molecule has 0 aromatic carbocycles. The molecule has 3 heteroatoms. The van der Waals surface area contributed by atoms with Gasteiger partial charge in [-0.15, -0.1) is 11.6 Å². The van der Waals surface area contributed by atoms with Crippen LogP contribution in [0.2, 0.25) is 0 Å². The van der Waals surface area contributed by atoms with Crippen LogP contribution in [0.3, 0.4) is 0 Å². The molecule has 62 valence electrons. The quantitative estimate of drug-likeness (QED) is 0.538. The standard InChI is InChI=1S/C8H13ClN2/c1-7(9)5-6(10)3-4-8(7,2)11/h3-5H,10-11H2,1-2H3. The molecule has 1 aliphatic carbocycles. The van der Waals surface area contributed by atoms with Gasteiger partial charge in [0, 0.05) is 5.70 Å². The molecule has 1 aliphatic rings. The highest BCUT2D eigenvalue weighted by Crippen LogP contribution is 2.33. The van der Waals surface area contributed by atoms with Gasteiger partial charge in [-0.05, 0) is 26.0 Å². The summed E-state index contributed by atoms with van der Waals surface area (Å²) in [6.07, 6.45) is 5.38. The minimum absolute atomic E-state index is 0.516. The molecule has 2 nitrogen and oxygen atoms in total. The molecule has 2 unspecified atom stereocenters. The van der Waals surface area contributed by atoms with Gasteiger partial charge in [-0.25, -0.2) is 0 Å². The Balaban J connectivity index is 3.04. The van der Waals surface area contributed by atoms with Crippen molar-refractivity contribution in [2.24, 2.45) is 11.5 Å². The van der Waals surface area contributed by atoms with Gasteiger partial charge in [0.25, 0.3) is 0 Å². The topological polar surface area (TPSA) is 52.0 Å². The Morgan fingerprint density at radius 1 is 1.45 bits per heavy atom. The molecule has 0 saturated heterocycles. The van der Waals surface area contributed by atoms with Gasteiger partial charge < -0.3 is 11.5 Å². The van der Waals surface area contributed by atoms with E-state index in [4.69, 9.17) is 23.1 Å². The van der Waals surface area contributed by atoms with Crippen LogP contribution < -0.4 is 11.5 Å². The molecule has 0 aromatic heterocycles. The zero-order chi connectivity index (χ0) is 8.70. The zero-order valence-corrected chi connectivity index (χ0v) is 7.52. The lowest BCUT2D eigenvalue weighted by molar-refractivity contribution is 0.482. The molecule has 11 heavy (non-hydrogen) atoms. The summed E-state index contributed by atoms with van der Waals surface area (Å²) < 4.78 is 0. The van der Waals surface area contributed by atoms with Crippen molar-refractivity contribution in [2.45, 2.75) is 24.3 Å². The predicted molar refractivity (Wildman–Crippen MR) is 48.3 cm³/mol. The van der Waals surface area contributed by atoms with E-state index in [9.17, 15) is 0 Å². The van der Waals surface area contributed by atoms with Gasteiger partial charge in [-0.1, -0.05) is 6.08 Å². The lowest BCUT2D eigenvalue weighted by Gasteiger charge is -2.36. The Morgan fingerprint density at radius 3 is 2.36 bits per heavy atom. The van der Waals surface area contributed by atoms with Gasteiger partial charge >= 0.3 is 0 Å². The minimum atomic E-state index is -0.578. The molecule has 0 amide bonds. The first-order chi connectivity index (χ1) is 4.85. The van der Waals surface area contributed by atoms with Crippen molar-refractivity contribution in [2.75, 3.05) is 0 Å². The first kappa shape index (κ1) is 8.62. The molecule has 0 bridgehead atoms. The molecular formula is C8H13ClN2. The summed E-state index contributed by atoms with van der Waals surface area (Å²) in [5.41, 5.74) is 11.6. The molecule has 0 fully saturated rings. The molecular weight excluding hydrogens is 160 g/mol. The summed E-state index contributed by atoms with van der Waals surface area (Å²) in [7, 11) is 0. The molecule has 0 saturated carbocycles. The number of hydrogen-bond donors (Lipinski definition) is 2. The van der Waals surface area contributed by atoms with E-state index < -0.39 is 10.4 Å². The predicted octanol–water partition coefficient (Wildman–Crippen LogP) is 1.11. The molecule has 1 rings (SSSR count). The van der Waals surface area contributed by atoms with E-state index in [0.29, 0.717) is 5.70 Å². The molecule has 0 heterocycles. The first-order valence-electron chi connectivity index (χ1n) is 3.50. The van der Waals surface area contributed by atoms with Crippen LogP contribution in [-0.4, -0.2) is 10.4 Å². The van der Waals surface area contributed by atoms with Crippen LogP contribution >= 0.6 is 11.6 Å². The molecule has 0 aromatic rings. The van der Waals surface area contributed by atoms with E-state index >= 15 is 0 Å². The highest BCUT2D eigenvalue weighted by molar-refractivity contribution is 6.26. The summed E-state index contributed by atoms with van der Waals surface area (Å²) in [6.45, 7) is 3.73. The Morgan fingerprint density at radius 2 is 2.00 bits per heavy atom. The molecule has 0 radical (unpaired) electrons. The molecule has 0 spiro atoms. The number of hydrogen-bond acceptors (Lipinski definition) is 2. The maximum atomic E-state index is 6.13. The SMILES string of the molecule is CC1(N)C=CC(N)=CC1(C)Cl. The average Bonchev–Trinajstić information content (AvgIpc) is 1.80. The van der Waals surface area contributed by atoms with Crippen molar-refractivity contribution in [1.29, 1.82) is 0 Å². The Kier molecular flexibility index (Phi) is 1.77. The summed E-state index contributed by atoms with van der Waals surface area (Å²) >= 11 is 6.13. The normalized spacial score (nSPS) is 43.8. The molecule has 4 N–H and O–H groups in total. The monoisotopic (exact) mass is 172 g/mol. The van der Waals surface area contributed by atoms with Crippen LogP contribution in [0.1, 0.15) is 13.8 Å².